The van der Waals surface area contributed by atoms with Crippen molar-refractivity contribution < 1.29 is 36.6 Å². The van der Waals surface area contributed by atoms with E-state index in [0.717, 1.165) is 31.7 Å². The number of benzene rings is 1. The maximum Gasteiger partial charge on any atom is 0.417 e. The summed E-state index contributed by atoms with van der Waals surface area (Å²) in [4.78, 5) is 16.2. The van der Waals surface area contributed by atoms with Crippen LogP contribution in [0, 0.1) is 11.8 Å². The van der Waals surface area contributed by atoms with E-state index in [1.54, 1.807) is 13.8 Å². The van der Waals surface area contributed by atoms with Crippen molar-refractivity contribution >= 4 is 5.97 Å². The molecule has 1 fully saturated rings. The van der Waals surface area contributed by atoms with Crippen molar-refractivity contribution in [3.63, 3.8) is 0 Å². The van der Waals surface area contributed by atoms with Crippen LogP contribution in [0.2, 0.25) is 0 Å². The average molecular weight is 498 g/mol. The molecule has 3 rings (SSSR count). The van der Waals surface area contributed by atoms with Gasteiger partial charge in [0.05, 0.1) is 25.9 Å². The molecule has 0 bridgehead atoms. The molecule has 194 valence electrons. The van der Waals surface area contributed by atoms with E-state index in [9.17, 15) is 18.0 Å². The molecule has 0 N–H and O–H groups in total. The lowest BCUT2D eigenvalue weighted by Crippen LogP contribution is -2.38. The molecule has 1 aromatic carbocycles. The fourth-order valence-electron chi connectivity index (χ4n) is 4.46. The lowest BCUT2D eigenvalue weighted by atomic mass is 9.82. The monoisotopic (exact) mass is 497 g/mol. The number of ether oxygens (including phenoxy) is 3. The molecule has 0 amide bonds. The summed E-state index contributed by atoms with van der Waals surface area (Å²) in [5, 5.41) is 0. The van der Waals surface area contributed by atoms with E-state index in [-0.39, 0.29) is 18.1 Å². The number of nitrogens with zero attached hydrogens (tertiary/aromatic N) is 1. The zero-order valence-electron chi connectivity index (χ0n) is 20.7. The SMILES string of the molecule is CCc1oc(-c2ccccc2C(F)(F)F)nc1COC[C@@H]1CCC[C@H](COC(C)(C)C(=O)OC)C1. The minimum Gasteiger partial charge on any atom is -0.467 e. The topological polar surface area (TPSA) is 70.8 Å². The number of carbonyl (C=O) groups is 1. The Bertz CT molecular complexity index is 986. The largest absolute Gasteiger partial charge is 0.467 e. The van der Waals surface area contributed by atoms with Crippen LogP contribution in [0.15, 0.2) is 28.7 Å². The predicted molar refractivity (Wildman–Crippen MR) is 123 cm³/mol. The molecule has 9 heteroatoms. The van der Waals surface area contributed by atoms with E-state index < -0.39 is 23.3 Å². The Kier molecular flexibility index (Phi) is 8.99. The lowest BCUT2D eigenvalue weighted by molar-refractivity contribution is -0.167. The van der Waals surface area contributed by atoms with E-state index in [0.29, 0.717) is 42.9 Å². The summed E-state index contributed by atoms with van der Waals surface area (Å²) in [7, 11) is 1.35. The van der Waals surface area contributed by atoms with E-state index in [4.69, 9.17) is 18.6 Å². The summed E-state index contributed by atoms with van der Waals surface area (Å²) in [5.74, 6) is 0.740. The smallest absolute Gasteiger partial charge is 0.417 e. The molecule has 0 aliphatic heterocycles. The summed E-state index contributed by atoms with van der Waals surface area (Å²) in [6, 6.07) is 5.27. The van der Waals surface area contributed by atoms with Crippen molar-refractivity contribution in [2.45, 2.75) is 71.3 Å². The van der Waals surface area contributed by atoms with Gasteiger partial charge in [0.15, 0.2) is 5.60 Å². The van der Waals surface area contributed by atoms with Crippen LogP contribution in [0.4, 0.5) is 13.2 Å². The van der Waals surface area contributed by atoms with E-state index in [2.05, 4.69) is 4.98 Å². The second-order valence-electron chi connectivity index (χ2n) is 9.51. The lowest BCUT2D eigenvalue weighted by Gasteiger charge is -2.31. The molecule has 0 unspecified atom stereocenters. The average Bonchev–Trinajstić information content (AvgIpc) is 3.25. The Morgan fingerprint density at radius 2 is 1.83 bits per heavy atom. The Labute approximate surface area is 204 Å². The van der Waals surface area contributed by atoms with E-state index >= 15 is 0 Å². The van der Waals surface area contributed by atoms with Crippen molar-refractivity contribution in [3.05, 3.63) is 41.3 Å². The number of hydrogen-bond acceptors (Lipinski definition) is 6. The van der Waals surface area contributed by atoms with Crippen LogP contribution in [0.3, 0.4) is 0 Å². The highest BCUT2D eigenvalue weighted by Crippen LogP contribution is 2.37. The minimum atomic E-state index is -4.50. The van der Waals surface area contributed by atoms with Crippen LogP contribution in [0.1, 0.15) is 63.5 Å². The van der Waals surface area contributed by atoms with Crippen molar-refractivity contribution in [1.29, 1.82) is 0 Å². The number of rotatable bonds is 10. The van der Waals surface area contributed by atoms with Gasteiger partial charge in [0.2, 0.25) is 5.89 Å². The number of hydrogen-bond donors (Lipinski definition) is 0. The first-order chi connectivity index (χ1) is 16.5. The van der Waals surface area contributed by atoms with Crippen molar-refractivity contribution in [2.24, 2.45) is 11.8 Å². The predicted octanol–water partition coefficient (Wildman–Crippen LogP) is 6.21. The van der Waals surface area contributed by atoms with E-state index in [1.807, 2.05) is 6.92 Å². The summed E-state index contributed by atoms with van der Waals surface area (Å²) >= 11 is 0. The maximum atomic E-state index is 13.4. The van der Waals surface area contributed by atoms with Crippen LogP contribution in [0.25, 0.3) is 11.5 Å². The van der Waals surface area contributed by atoms with Crippen LogP contribution in [-0.4, -0.2) is 36.9 Å². The molecule has 1 aliphatic rings. The third-order valence-corrected chi connectivity index (χ3v) is 6.40. The van der Waals surface area contributed by atoms with Gasteiger partial charge < -0.3 is 18.6 Å². The molecular weight excluding hydrogens is 463 g/mol. The molecule has 1 saturated carbocycles. The van der Waals surface area contributed by atoms with Crippen LogP contribution >= 0.6 is 0 Å². The number of aromatic nitrogens is 1. The standard InChI is InChI=1S/C26H34F3NO5/c1-5-22-21(30-23(35-22)19-11-6-7-12-20(19)26(27,28)29)16-33-14-17-9-8-10-18(13-17)15-34-25(2,3)24(31)32-4/h6-7,11-12,17-18H,5,8-10,13-16H2,1-4H3/t17-,18+/m1/s1. The molecule has 0 spiro atoms. The number of methoxy groups -OCH3 is 1. The third kappa shape index (κ3) is 7.07. The van der Waals surface area contributed by atoms with Gasteiger partial charge in [-0.15, -0.1) is 0 Å². The summed E-state index contributed by atoms with van der Waals surface area (Å²) in [6.45, 7) is 6.43. The first-order valence-corrected chi connectivity index (χ1v) is 12.0. The number of carbonyl (C=O) groups excluding carboxylic acids is 1. The number of aryl methyl sites for hydroxylation is 1. The Morgan fingerprint density at radius 1 is 1.14 bits per heavy atom. The molecule has 1 aromatic heterocycles. The number of esters is 1. The summed E-state index contributed by atoms with van der Waals surface area (Å²) < 4.78 is 62.5. The highest BCUT2D eigenvalue weighted by atomic mass is 19.4. The zero-order chi connectivity index (χ0) is 25.6. The quantitative estimate of drug-likeness (QED) is 0.363. The van der Waals surface area contributed by atoms with Gasteiger partial charge in [-0.2, -0.15) is 13.2 Å². The molecule has 2 atom stereocenters. The van der Waals surface area contributed by atoms with Gasteiger partial charge in [-0.25, -0.2) is 9.78 Å². The van der Waals surface area contributed by atoms with Crippen LogP contribution in [0.5, 0.6) is 0 Å². The minimum absolute atomic E-state index is 0.0449. The van der Waals surface area contributed by atoms with Crippen LogP contribution in [-0.2, 0) is 38.2 Å². The highest BCUT2D eigenvalue weighted by molar-refractivity contribution is 5.78. The molecule has 1 heterocycles. The normalized spacial score (nSPS) is 19.1. The summed E-state index contributed by atoms with van der Waals surface area (Å²) in [5.41, 5.74) is -1.31. The van der Waals surface area contributed by atoms with Crippen LogP contribution < -0.4 is 0 Å². The van der Waals surface area contributed by atoms with Gasteiger partial charge in [-0.3, -0.25) is 0 Å². The molecule has 0 radical (unpaired) electrons. The number of oxazole rings is 1. The fraction of sp³-hybridized carbons (Fsp3) is 0.615. The van der Waals surface area contributed by atoms with Crippen molar-refractivity contribution in [1.82, 2.24) is 4.98 Å². The van der Waals surface area contributed by atoms with Gasteiger partial charge in [0.25, 0.3) is 0 Å². The van der Waals surface area contributed by atoms with Gasteiger partial charge >= 0.3 is 12.1 Å². The van der Waals surface area contributed by atoms with Gasteiger partial charge in [-0.05, 0) is 57.1 Å². The van der Waals surface area contributed by atoms with E-state index in [1.165, 1.54) is 25.3 Å². The second kappa shape index (κ2) is 11.6. The Balaban J connectivity index is 1.57. The molecule has 2 aromatic rings. The van der Waals surface area contributed by atoms with Gasteiger partial charge in [0.1, 0.15) is 11.5 Å². The molecule has 35 heavy (non-hydrogen) atoms. The maximum absolute atomic E-state index is 13.4. The number of halogens is 3. The summed E-state index contributed by atoms with van der Waals surface area (Å²) in [6.07, 6.45) is 0.0177. The highest BCUT2D eigenvalue weighted by Gasteiger charge is 2.35. The molecule has 6 nitrogen and oxygen atoms in total. The van der Waals surface area contributed by atoms with Crippen molar-refractivity contribution in [2.75, 3.05) is 20.3 Å². The first kappa shape index (κ1) is 27.2. The molecule has 0 saturated heterocycles. The molecule has 1 aliphatic carbocycles. The Morgan fingerprint density at radius 3 is 2.49 bits per heavy atom. The third-order valence-electron chi connectivity index (χ3n) is 6.40. The zero-order valence-corrected chi connectivity index (χ0v) is 20.7. The fourth-order valence-corrected chi connectivity index (χ4v) is 4.46. The van der Waals surface area contributed by atoms with Gasteiger partial charge in [-0.1, -0.05) is 25.5 Å². The molecular formula is C26H34F3NO5. The first-order valence-electron chi connectivity index (χ1n) is 12.0. The second-order valence-corrected chi connectivity index (χ2v) is 9.51. The van der Waals surface area contributed by atoms with Gasteiger partial charge in [0, 0.05) is 18.6 Å². The van der Waals surface area contributed by atoms with Crippen molar-refractivity contribution in [3.8, 4) is 11.5 Å². The number of alkyl halides is 3. The Hall–Kier alpha value is -2.39.